The first-order chi connectivity index (χ1) is 7.12. The van der Waals surface area contributed by atoms with Crippen LogP contribution in [-0.4, -0.2) is 38.9 Å². The number of methoxy groups -OCH3 is 2. The van der Waals surface area contributed by atoms with Crippen molar-refractivity contribution >= 4 is 5.97 Å². The van der Waals surface area contributed by atoms with Gasteiger partial charge in [0.15, 0.2) is 0 Å². The van der Waals surface area contributed by atoms with E-state index in [1.807, 2.05) is 6.92 Å². The van der Waals surface area contributed by atoms with Crippen molar-refractivity contribution < 1.29 is 14.3 Å². The molecule has 0 amide bonds. The van der Waals surface area contributed by atoms with Crippen LogP contribution in [0.1, 0.15) is 26.2 Å². The van der Waals surface area contributed by atoms with E-state index < -0.39 is 5.54 Å². The van der Waals surface area contributed by atoms with Crippen molar-refractivity contribution in [3.63, 3.8) is 0 Å². The molecule has 0 aromatic heterocycles. The highest BCUT2D eigenvalue weighted by molar-refractivity contribution is 5.80. The van der Waals surface area contributed by atoms with Crippen LogP contribution >= 0.6 is 0 Å². The van der Waals surface area contributed by atoms with Crippen LogP contribution < -0.4 is 5.32 Å². The molecule has 4 nitrogen and oxygen atoms in total. The lowest BCUT2D eigenvalue weighted by Gasteiger charge is -2.36. The van der Waals surface area contributed by atoms with Gasteiger partial charge in [-0.3, -0.25) is 4.79 Å². The molecule has 0 radical (unpaired) electrons. The van der Waals surface area contributed by atoms with Gasteiger partial charge in [-0.2, -0.15) is 0 Å². The summed E-state index contributed by atoms with van der Waals surface area (Å²) in [6.07, 6.45) is 2.96. The largest absolute Gasteiger partial charge is 0.468 e. The topological polar surface area (TPSA) is 47.6 Å². The molecule has 88 valence electrons. The fourth-order valence-electron chi connectivity index (χ4n) is 2.22. The number of hydrogen-bond acceptors (Lipinski definition) is 4. The zero-order valence-corrected chi connectivity index (χ0v) is 9.84. The van der Waals surface area contributed by atoms with Crippen molar-refractivity contribution in [3.8, 4) is 0 Å². The van der Waals surface area contributed by atoms with E-state index >= 15 is 0 Å². The van der Waals surface area contributed by atoms with Gasteiger partial charge in [0.05, 0.1) is 7.11 Å². The van der Waals surface area contributed by atoms with Gasteiger partial charge in [-0.25, -0.2) is 0 Å². The quantitative estimate of drug-likeness (QED) is 0.709. The third-order valence-electron chi connectivity index (χ3n) is 3.13. The van der Waals surface area contributed by atoms with E-state index in [4.69, 9.17) is 9.47 Å². The normalized spacial score (nSPS) is 31.3. The van der Waals surface area contributed by atoms with Crippen molar-refractivity contribution in [1.82, 2.24) is 5.32 Å². The van der Waals surface area contributed by atoms with Gasteiger partial charge in [0.2, 0.25) is 0 Å². The number of nitrogens with one attached hydrogen (secondary N) is 1. The van der Waals surface area contributed by atoms with Crippen LogP contribution in [0.2, 0.25) is 0 Å². The molecular weight excluding hydrogens is 194 g/mol. The van der Waals surface area contributed by atoms with Crippen molar-refractivity contribution in [3.05, 3.63) is 0 Å². The van der Waals surface area contributed by atoms with Crippen LogP contribution in [0.15, 0.2) is 0 Å². The molecule has 0 aliphatic carbocycles. The molecule has 0 spiro atoms. The molecule has 2 atom stereocenters. The highest BCUT2D eigenvalue weighted by atomic mass is 16.5. The lowest BCUT2D eigenvalue weighted by molar-refractivity contribution is -0.149. The Hall–Kier alpha value is -0.610. The van der Waals surface area contributed by atoms with E-state index in [0.717, 1.165) is 32.4 Å². The molecule has 15 heavy (non-hydrogen) atoms. The maximum absolute atomic E-state index is 11.6. The molecule has 1 saturated heterocycles. The monoisotopic (exact) mass is 215 g/mol. The predicted octanol–water partition coefficient (Wildman–Crippen LogP) is 0.954. The highest BCUT2D eigenvalue weighted by Crippen LogP contribution is 2.27. The lowest BCUT2D eigenvalue weighted by atomic mass is 9.82. The van der Waals surface area contributed by atoms with Gasteiger partial charge < -0.3 is 14.8 Å². The predicted molar refractivity (Wildman–Crippen MR) is 57.6 cm³/mol. The van der Waals surface area contributed by atoms with Gasteiger partial charge in [0.1, 0.15) is 5.54 Å². The number of hydrogen-bond donors (Lipinski definition) is 1. The number of esters is 1. The van der Waals surface area contributed by atoms with E-state index in [1.165, 1.54) is 7.11 Å². The van der Waals surface area contributed by atoms with Crippen LogP contribution in [0.5, 0.6) is 0 Å². The molecular formula is C11H21NO3. The van der Waals surface area contributed by atoms with E-state index in [2.05, 4.69) is 5.32 Å². The summed E-state index contributed by atoms with van der Waals surface area (Å²) in [5.74, 6) is 0.389. The third-order valence-corrected chi connectivity index (χ3v) is 3.13. The second-order valence-electron chi connectivity index (χ2n) is 4.39. The van der Waals surface area contributed by atoms with E-state index in [1.54, 1.807) is 7.11 Å². The van der Waals surface area contributed by atoms with Crippen LogP contribution in [0, 0.1) is 5.92 Å². The average Bonchev–Trinajstić information content (AvgIpc) is 2.25. The maximum Gasteiger partial charge on any atom is 0.325 e. The standard InChI is InChI=1S/C11H21NO3/c1-11(10(13)15-3)8-9(4-6-12-11)5-7-14-2/h9,12H,4-8H2,1-3H3. The summed E-state index contributed by atoms with van der Waals surface area (Å²) < 4.78 is 9.88. The van der Waals surface area contributed by atoms with E-state index in [0.29, 0.717) is 5.92 Å². The summed E-state index contributed by atoms with van der Waals surface area (Å²) >= 11 is 0. The van der Waals surface area contributed by atoms with Crippen molar-refractivity contribution in [2.24, 2.45) is 5.92 Å². The molecule has 1 aliphatic heterocycles. The molecule has 0 aromatic carbocycles. The first-order valence-electron chi connectivity index (χ1n) is 5.45. The van der Waals surface area contributed by atoms with Crippen molar-refractivity contribution in [1.29, 1.82) is 0 Å². The Morgan fingerprint density at radius 1 is 1.53 bits per heavy atom. The minimum atomic E-state index is -0.509. The van der Waals surface area contributed by atoms with Gasteiger partial charge in [-0.05, 0) is 38.6 Å². The Bertz CT molecular complexity index is 220. The van der Waals surface area contributed by atoms with Gasteiger partial charge in [-0.1, -0.05) is 0 Å². The van der Waals surface area contributed by atoms with E-state index in [9.17, 15) is 4.79 Å². The summed E-state index contributed by atoms with van der Waals surface area (Å²) in [4.78, 5) is 11.6. The number of rotatable bonds is 4. The Kier molecular flexibility index (Phi) is 4.54. The van der Waals surface area contributed by atoms with E-state index in [-0.39, 0.29) is 5.97 Å². The van der Waals surface area contributed by atoms with Gasteiger partial charge in [0.25, 0.3) is 0 Å². The summed E-state index contributed by atoms with van der Waals surface area (Å²) in [7, 11) is 3.15. The number of piperidine rings is 1. The molecule has 1 rings (SSSR count). The van der Waals surface area contributed by atoms with Gasteiger partial charge >= 0.3 is 5.97 Å². The Morgan fingerprint density at radius 2 is 2.27 bits per heavy atom. The Balaban J connectivity index is 2.50. The minimum Gasteiger partial charge on any atom is -0.468 e. The minimum absolute atomic E-state index is 0.162. The smallest absolute Gasteiger partial charge is 0.325 e. The number of ether oxygens (including phenoxy) is 2. The first-order valence-corrected chi connectivity index (χ1v) is 5.45. The fourth-order valence-corrected chi connectivity index (χ4v) is 2.22. The maximum atomic E-state index is 11.6. The fraction of sp³-hybridized carbons (Fsp3) is 0.909. The third kappa shape index (κ3) is 3.18. The molecule has 1 aliphatic rings. The molecule has 0 bridgehead atoms. The molecule has 4 heteroatoms. The SMILES string of the molecule is COCCC1CCNC(C)(C(=O)OC)C1. The van der Waals surface area contributed by atoms with Crippen LogP contribution in [-0.2, 0) is 14.3 Å². The number of carbonyl (C=O) groups is 1. The first kappa shape index (κ1) is 12.5. The highest BCUT2D eigenvalue weighted by Gasteiger charge is 2.38. The molecule has 1 fully saturated rings. The summed E-state index contributed by atoms with van der Waals surface area (Å²) in [5.41, 5.74) is -0.509. The molecule has 0 aromatic rings. The second-order valence-corrected chi connectivity index (χ2v) is 4.39. The Morgan fingerprint density at radius 3 is 2.87 bits per heavy atom. The lowest BCUT2D eigenvalue weighted by Crippen LogP contribution is -2.55. The molecule has 1 heterocycles. The second kappa shape index (κ2) is 5.47. The zero-order chi connectivity index (χ0) is 11.3. The molecule has 2 unspecified atom stereocenters. The summed E-state index contributed by atoms with van der Waals surface area (Å²) in [6, 6.07) is 0. The van der Waals surface area contributed by atoms with Gasteiger partial charge in [0, 0.05) is 13.7 Å². The Labute approximate surface area is 91.3 Å². The van der Waals surface area contributed by atoms with Crippen molar-refractivity contribution in [2.45, 2.75) is 31.7 Å². The zero-order valence-electron chi connectivity index (χ0n) is 9.84. The summed E-state index contributed by atoms with van der Waals surface area (Å²) in [6.45, 7) is 3.56. The van der Waals surface area contributed by atoms with Gasteiger partial charge in [-0.15, -0.1) is 0 Å². The molecule has 0 saturated carbocycles. The molecule has 1 N–H and O–H groups in total. The number of carbonyl (C=O) groups excluding carboxylic acids is 1. The van der Waals surface area contributed by atoms with Crippen LogP contribution in [0.3, 0.4) is 0 Å². The van der Waals surface area contributed by atoms with Crippen molar-refractivity contribution in [2.75, 3.05) is 27.4 Å². The average molecular weight is 215 g/mol. The van der Waals surface area contributed by atoms with Crippen LogP contribution in [0.25, 0.3) is 0 Å². The van der Waals surface area contributed by atoms with Crippen LogP contribution in [0.4, 0.5) is 0 Å². The summed E-state index contributed by atoms with van der Waals surface area (Å²) in [5, 5.41) is 3.24.